The quantitative estimate of drug-likeness (QED) is 0.671. The zero-order valence-corrected chi connectivity index (χ0v) is 9.98. The van der Waals surface area contributed by atoms with Crippen LogP contribution >= 0.6 is 0 Å². The summed E-state index contributed by atoms with van der Waals surface area (Å²) in [6, 6.07) is 2.24. The van der Waals surface area contributed by atoms with Crippen LogP contribution < -0.4 is 0 Å². The van der Waals surface area contributed by atoms with E-state index in [0.717, 1.165) is 30.9 Å². The van der Waals surface area contributed by atoms with E-state index in [2.05, 4.69) is 6.92 Å². The molecule has 0 amide bonds. The molecule has 1 aliphatic rings. The first-order valence-corrected chi connectivity index (χ1v) is 6.19. The molecule has 2 rings (SSSR count). The van der Waals surface area contributed by atoms with E-state index in [1.165, 1.54) is 12.8 Å². The number of rotatable bonds is 2. The minimum absolute atomic E-state index is 0.482. The Labute approximate surface area is 99.8 Å². The molecule has 1 aromatic carbocycles. The van der Waals surface area contributed by atoms with Crippen LogP contribution in [0.4, 0.5) is 13.2 Å². The Morgan fingerprint density at radius 3 is 2.06 bits per heavy atom. The molecule has 1 fully saturated rings. The summed E-state index contributed by atoms with van der Waals surface area (Å²) in [5, 5.41) is 0. The summed E-state index contributed by atoms with van der Waals surface area (Å²) in [4.78, 5) is 0. The van der Waals surface area contributed by atoms with Gasteiger partial charge in [0, 0.05) is 0 Å². The van der Waals surface area contributed by atoms with Gasteiger partial charge in [0.05, 0.1) is 0 Å². The Balaban J connectivity index is 2.04. The highest BCUT2D eigenvalue weighted by atomic mass is 19.2. The highest BCUT2D eigenvalue weighted by Crippen LogP contribution is 2.31. The van der Waals surface area contributed by atoms with Crippen molar-refractivity contribution in [3.8, 4) is 0 Å². The minimum Gasteiger partial charge on any atom is -0.204 e. The Kier molecular flexibility index (Phi) is 3.75. The van der Waals surface area contributed by atoms with Crippen LogP contribution in [-0.4, -0.2) is 0 Å². The van der Waals surface area contributed by atoms with Crippen molar-refractivity contribution in [3.05, 3.63) is 35.1 Å². The summed E-state index contributed by atoms with van der Waals surface area (Å²) in [7, 11) is 0. The van der Waals surface area contributed by atoms with Crippen LogP contribution in [0.1, 0.15) is 38.2 Å². The van der Waals surface area contributed by atoms with Crippen molar-refractivity contribution >= 4 is 0 Å². The normalized spacial score (nSPS) is 24.9. The fourth-order valence-electron chi connectivity index (χ4n) is 2.59. The van der Waals surface area contributed by atoms with Gasteiger partial charge < -0.3 is 0 Å². The lowest BCUT2D eigenvalue weighted by molar-refractivity contribution is 0.288. The topological polar surface area (TPSA) is 0 Å². The van der Waals surface area contributed by atoms with Crippen LogP contribution in [0.5, 0.6) is 0 Å². The summed E-state index contributed by atoms with van der Waals surface area (Å²) in [6.45, 7) is 2.23. The molecule has 17 heavy (non-hydrogen) atoms. The Morgan fingerprint density at radius 2 is 1.53 bits per heavy atom. The molecule has 0 nitrogen and oxygen atoms in total. The molecule has 0 spiro atoms. The van der Waals surface area contributed by atoms with Gasteiger partial charge in [-0.05, 0) is 48.8 Å². The van der Waals surface area contributed by atoms with Gasteiger partial charge in [0.25, 0.3) is 0 Å². The third kappa shape index (κ3) is 3.02. The molecule has 0 aliphatic heterocycles. The lowest BCUT2D eigenvalue weighted by Crippen LogP contribution is -2.14. The molecule has 3 heteroatoms. The molecule has 0 N–H and O–H groups in total. The van der Waals surface area contributed by atoms with Gasteiger partial charge in [0.15, 0.2) is 17.5 Å². The maximum atomic E-state index is 13.0. The standard InChI is InChI=1S/C14H17F3/c1-9-2-4-10(5-3-9)6-11-7-12(15)14(17)13(16)8-11/h7-10H,2-6H2,1H3. The minimum atomic E-state index is -1.37. The summed E-state index contributed by atoms with van der Waals surface area (Å²) >= 11 is 0. The first kappa shape index (κ1) is 12.5. The van der Waals surface area contributed by atoms with Crippen LogP contribution in [0.15, 0.2) is 12.1 Å². The van der Waals surface area contributed by atoms with Crippen molar-refractivity contribution in [3.63, 3.8) is 0 Å². The Bertz CT molecular complexity index is 369. The monoisotopic (exact) mass is 242 g/mol. The average molecular weight is 242 g/mol. The molecule has 0 bridgehead atoms. The third-order valence-electron chi connectivity index (χ3n) is 3.70. The van der Waals surface area contributed by atoms with Crippen molar-refractivity contribution in [1.29, 1.82) is 0 Å². The van der Waals surface area contributed by atoms with Crippen LogP contribution in [0, 0.1) is 29.3 Å². The third-order valence-corrected chi connectivity index (χ3v) is 3.70. The molecule has 0 atom stereocenters. The van der Waals surface area contributed by atoms with E-state index < -0.39 is 17.5 Å². The van der Waals surface area contributed by atoms with Gasteiger partial charge in [-0.15, -0.1) is 0 Å². The van der Waals surface area contributed by atoms with Gasteiger partial charge in [-0.1, -0.05) is 19.8 Å². The van der Waals surface area contributed by atoms with E-state index in [-0.39, 0.29) is 0 Å². The van der Waals surface area contributed by atoms with Crippen molar-refractivity contribution in [2.75, 3.05) is 0 Å². The molecule has 1 aliphatic carbocycles. The molecule has 0 unspecified atom stereocenters. The summed E-state index contributed by atoms with van der Waals surface area (Å²) in [5.74, 6) is -2.29. The molecule has 0 radical (unpaired) electrons. The fraction of sp³-hybridized carbons (Fsp3) is 0.571. The molecular formula is C14H17F3. The number of hydrogen-bond donors (Lipinski definition) is 0. The van der Waals surface area contributed by atoms with E-state index in [9.17, 15) is 13.2 Å². The molecular weight excluding hydrogens is 225 g/mol. The second-order valence-corrected chi connectivity index (χ2v) is 5.20. The molecule has 0 aromatic heterocycles. The first-order chi connectivity index (χ1) is 8.06. The maximum Gasteiger partial charge on any atom is 0.194 e. The molecule has 0 saturated heterocycles. The number of hydrogen-bond acceptors (Lipinski definition) is 0. The van der Waals surface area contributed by atoms with Gasteiger partial charge in [-0.2, -0.15) is 0 Å². The zero-order chi connectivity index (χ0) is 12.4. The van der Waals surface area contributed by atoms with Crippen molar-refractivity contribution < 1.29 is 13.2 Å². The predicted octanol–water partition coefficient (Wildman–Crippen LogP) is 4.47. The second kappa shape index (κ2) is 5.11. The second-order valence-electron chi connectivity index (χ2n) is 5.20. The lowest BCUT2D eigenvalue weighted by Gasteiger charge is -2.26. The highest BCUT2D eigenvalue weighted by Gasteiger charge is 2.19. The van der Waals surface area contributed by atoms with E-state index >= 15 is 0 Å². The van der Waals surface area contributed by atoms with E-state index in [4.69, 9.17) is 0 Å². The predicted molar refractivity (Wildman–Crippen MR) is 61.1 cm³/mol. The number of halogens is 3. The molecule has 94 valence electrons. The van der Waals surface area contributed by atoms with Crippen molar-refractivity contribution in [2.24, 2.45) is 11.8 Å². The first-order valence-electron chi connectivity index (χ1n) is 6.19. The van der Waals surface area contributed by atoms with E-state index in [1.807, 2.05) is 0 Å². The van der Waals surface area contributed by atoms with Gasteiger partial charge in [0.1, 0.15) is 0 Å². The molecule has 0 heterocycles. The van der Waals surface area contributed by atoms with Gasteiger partial charge in [-0.3, -0.25) is 0 Å². The highest BCUT2D eigenvalue weighted by molar-refractivity contribution is 5.20. The average Bonchev–Trinajstić information content (AvgIpc) is 2.29. The zero-order valence-electron chi connectivity index (χ0n) is 9.98. The lowest BCUT2D eigenvalue weighted by atomic mass is 9.80. The molecule has 1 saturated carbocycles. The summed E-state index contributed by atoms with van der Waals surface area (Å²) in [6.07, 6.45) is 5.21. The van der Waals surface area contributed by atoms with Crippen LogP contribution in [0.2, 0.25) is 0 Å². The van der Waals surface area contributed by atoms with Crippen LogP contribution in [0.3, 0.4) is 0 Å². The van der Waals surface area contributed by atoms with E-state index in [0.29, 0.717) is 17.9 Å². The van der Waals surface area contributed by atoms with Gasteiger partial charge in [-0.25, -0.2) is 13.2 Å². The summed E-state index contributed by atoms with van der Waals surface area (Å²) < 4.78 is 38.9. The Hall–Kier alpha value is -0.990. The van der Waals surface area contributed by atoms with Crippen LogP contribution in [-0.2, 0) is 6.42 Å². The van der Waals surface area contributed by atoms with Crippen molar-refractivity contribution in [1.82, 2.24) is 0 Å². The van der Waals surface area contributed by atoms with Gasteiger partial charge >= 0.3 is 0 Å². The SMILES string of the molecule is CC1CCC(Cc2cc(F)c(F)c(F)c2)CC1. The maximum absolute atomic E-state index is 13.0. The molecule has 1 aromatic rings. The largest absolute Gasteiger partial charge is 0.204 e. The number of benzene rings is 1. The Morgan fingerprint density at radius 1 is 1.00 bits per heavy atom. The van der Waals surface area contributed by atoms with Crippen molar-refractivity contribution in [2.45, 2.75) is 39.0 Å². The van der Waals surface area contributed by atoms with Crippen LogP contribution in [0.25, 0.3) is 0 Å². The van der Waals surface area contributed by atoms with E-state index in [1.54, 1.807) is 0 Å². The van der Waals surface area contributed by atoms with Gasteiger partial charge in [0.2, 0.25) is 0 Å². The smallest absolute Gasteiger partial charge is 0.194 e. The fourth-order valence-corrected chi connectivity index (χ4v) is 2.59. The summed E-state index contributed by atoms with van der Waals surface area (Å²) in [5.41, 5.74) is 0.570.